The molecule has 1 aliphatic rings. The Morgan fingerprint density at radius 1 is 1.05 bits per heavy atom. The number of carbonyl (C=O) groups is 1. The van der Waals surface area contributed by atoms with E-state index in [4.69, 9.17) is 4.74 Å². The van der Waals surface area contributed by atoms with Gasteiger partial charge in [0.25, 0.3) is 0 Å². The summed E-state index contributed by atoms with van der Waals surface area (Å²) < 4.78 is 5.70. The first kappa shape index (κ1) is 12.7. The van der Waals surface area contributed by atoms with Crippen LogP contribution in [-0.4, -0.2) is 5.91 Å². The molecule has 0 spiro atoms. The first-order valence-electron chi connectivity index (χ1n) is 6.86. The number of nitrogens with one attached hydrogen (secondary N) is 1. The van der Waals surface area contributed by atoms with Gasteiger partial charge in [-0.2, -0.15) is 0 Å². The zero-order valence-electron chi connectivity index (χ0n) is 11.4. The van der Waals surface area contributed by atoms with Gasteiger partial charge in [0.05, 0.1) is 0 Å². The van der Waals surface area contributed by atoms with E-state index in [1.54, 1.807) is 0 Å². The molecule has 0 aliphatic heterocycles. The monoisotopic (exact) mass is 267 g/mol. The summed E-state index contributed by atoms with van der Waals surface area (Å²) in [5.74, 6) is 2.39. The molecule has 1 saturated carbocycles. The van der Waals surface area contributed by atoms with Gasteiger partial charge >= 0.3 is 0 Å². The summed E-state index contributed by atoms with van der Waals surface area (Å²) in [5, 5.41) is 2.93. The minimum atomic E-state index is 0.120. The fraction of sp³-hybridized carbons (Fsp3) is 0.235. The number of anilines is 1. The van der Waals surface area contributed by atoms with Gasteiger partial charge in [0.2, 0.25) is 5.91 Å². The molecule has 2 aromatic carbocycles. The predicted octanol–water partition coefficient (Wildman–Crippen LogP) is 4.07. The van der Waals surface area contributed by atoms with Gasteiger partial charge in [-0.15, -0.1) is 0 Å². The van der Waals surface area contributed by atoms with Crippen molar-refractivity contribution in [2.45, 2.75) is 13.3 Å². The van der Waals surface area contributed by atoms with Gasteiger partial charge in [-0.25, -0.2) is 0 Å². The van der Waals surface area contributed by atoms with Gasteiger partial charge in [-0.3, -0.25) is 4.79 Å². The third-order valence-corrected chi connectivity index (χ3v) is 3.55. The molecule has 1 fully saturated rings. The second kappa shape index (κ2) is 5.37. The largest absolute Gasteiger partial charge is 0.457 e. The number of benzene rings is 2. The first-order chi connectivity index (χ1) is 9.72. The predicted molar refractivity (Wildman–Crippen MR) is 78.9 cm³/mol. The molecule has 0 radical (unpaired) electrons. The van der Waals surface area contributed by atoms with E-state index in [2.05, 4.69) is 12.2 Å². The molecule has 1 aliphatic carbocycles. The van der Waals surface area contributed by atoms with Gasteiger partial charge in [0, 0.05) is 11.6 Å². The van der Waals surface area contributed by atoms with E-state index < -0.39 is 0 Å². The van der Waals surface area contributed by atoms with Crippen LogP contribution < -0.4 is 10.1 Å². The average Bonchev–Trinajstić information content (AvgIpc) is 3.19. The Labute approximate surface area is 118 Å². The second-order valence-electron chi connectivity index (χ2n) is 5.25. The lowest BCUT2D eigenvalue weighted by atomic mass is 10.2. The number of para-hydroxylation sites is 1. The highest BCUT2D eigenvalue weighted by molar-refractivity contribution is 5.94. The standard InChI is InChI=1S/C17H17NO2/c1-12-11-16(12)17(19)18-13-7-9-15(10-8-13)20-14-5-3-2-4-6-14/h2-10,12,16H,11H2,1H3,(H,18,19)/t12-,16-/m0/s1. The summed E-state index contributed by atoms with van der Waals surface area (Å²) in [7, 11) is 0. The number of carbonyl (C=O) groups excluding carboxylic acids is 1. The second-order valence-corrected chi connectivity index (χ2v) is 5.25. The molecule has 0 bridgehead atoms. The van der Waals surface area contributed by atoms with Crippen molar-refractivity contribution in [2.75, 3.05) is 5.32 Å². The van der Waals surface area contributed by atoms with Crippen molar-refractivity contribution >= 4 is 11.6 Å². The SMILES string of the molecule is C[C@H]1C[C@@H]1C(=O)Nc1ccc(Oc2ccccc2)cc1. The molecule has 3 rings (SSSR count). The molecule has 2 aromatic rings. The van der Waals surface area contributed by atoms with Crippen molar-refractivity contribution in [3.8, 4) is 11.5 Å². The fourth-order valence-corrected chi connectivity index (χ4v) is 2.15. The smallest absolute Gasteiger partial charge is 0.227 e. The Morgan fingerprint density at radius 3 is 2.25 bits per heavy atom. The van der Waals surface area contributed by atoms with Crippen LogP contribution >= 0.6 is 0 Å². The molecular weight excluding hydrogens is 250 g/mol. The Balaban J connectivity index is 1.61. The van der Waals surface area contributed by atoms with Gasteiger partial charge in [0.1, 0.15) is 11.5 Å². The number of amides is 1. The van der Waals surface area contributed by atoms with Crippen molar-refractivity contribution < 1.29 is 9.53 Å². The van der Waals surface area contributed by atoms with E-state index in [0.29, 0.717) is 5.92 Å². The minimum absolute atomic E-state index is 0.120. The van der Waals surface area contributed by atoms with Crippen molar-refractivity contribution in [2.24, 2.45) is 11.8 Å². The molecule has 102 valence electrons. The van der Waals surface area contributed by atoms with Crippen LogP contribution in [0.2, 0.25) is 0 Å². The first-order valence-corrected chi connectivity index (χ1v) is 6.86. The van der Waals surface area contributed by atoms with Crippen LogP contribution in [0.1, 0.15) is 13.3 Å². The maximum Gasteiger partial charge on any atom is 0.227 e. The topological polar surface area (TPSA) is 38.3 Å². The van der Waals surface area contributed by atoms with Crippen LogP contribution in [0.3, 0.4) is 0 Å². The molecule has 0 aromatic heterocycles. The van der Waals surface area contributed by atoms with Gasteiger partial charge in [-0.05, 0) is 48.7 Å². The average molecular weight is 267 g/mol. The third kappa shape index (κ3) is 2.99. The number of hydrogen-bond donors (Lipinski definition) is 1. The molecule has 3 heteroatoms. The van der Waals surface area contributed by atoms with Gasteiger partial charge < -0.3 is 10.1 Å². The summed E-state index contributed by atoms with van der Waals surface area (Å²) in [6.45, 7) is 2.10. The number of hydrogen-bond acceptors (Lipinski definition) is 2. The summed E-state index contributed by atoms with van der Waals surface area (Å²) in [6, 6.07) is 17.1. The van der Waals surface area contributed by atoms with E-state index in [1.165, 1.54) is 0 Å². The maximum atomic E-state index is 11.8. The lowest BCUT2D eigenvalue weighted by Gasteiger charge is -2.07. The van der Waals surface area contributed by atoms with Crippen molar-refractivity contribution in [3.63, 3.8) is 0 Å². The van der Waals surface area contributed by atoms with E-state index >= 15 is 0 Å². The van der Waals surface area contributed by atoms with Crippen LogP contribution in [0.4, 0.5) is 5.69 Å². The Morgan fingerprint density at radius 2 is 1.65 bits per heavy atom. The normalized spacial score (nSPS) is 20.2. The maximum absolute atomic E-state index is 11.8. The lowest BCUT2D eigenvalue weighted by Crippen LogP contribution is -2.14. The third-order valence-electron chi connectivity index (χ3n) is 3.55. The zero-order chi connectivity index (χ0) is 13.9. The van der Waals surface area contributed by atoms with Crippen molar-refractivity contribution in [1.29, 1.82) is 0 Å². The Kier molecular flexibility index (Phi) is 3.42. The van der Waals surface area contributed by atoms with E-state index in [0.717, 1.165) is 23.6 Å². The zero-order valence-corrected chi connectivity index (χ0v) is 11.4. The van der Waals surface area contributed by atoms with Crippen LogP contribution in [0, 0.1) is 11.8 Å². The summed E-state index contributed by atoms with van der Waals surface area (Å²) in [5.41, 5.74) is 0.814. The lowest BCUT2D eigenvalue weighted by molar-refractivity contribution is -0.117. The van der Waals surface area contributed by atoms with Crippen LogP contribution in [0.25, 0.3) is 0 Å². The minimum Gasteiger partial charge on any atom is -0.457 e. The van der Waals surface area contributed by atoms with Crippen molar-refractivity contribution in [3.05, 3.63) is 54.6 Å². The van der Waals surface area contributed by atoms with Gasteiger partial charge in [0.15, 0.2) is 0 Å². The van der Waals surface area contributed by atoms with E-state index in [9.17, 15) is 4.79 Å². The molecule has 0 saturated heterocycles. The quantitative estimate of drug-likeness (QED) is 0.906. The molecule has 0 heterocycles. The summed E-state index contributed by atoms with van der Waals surface area (Å²) in [6.07, 6.45) is 1.00. The Hall–Kier alpha value is -2.29. The van der Waals surface area contributed by atoms with Crippen LogP contribution in [0.15, 0.2) is 54.6 Å². The highest BCUT2D eigenvalue weighted by atomic mass is 16.5. The molecule has 1 amide bonds. The van der Waals surface area contributed by atoms with Crippen LogP contribution in [-0.2, 0) is 4.79 Å². The number of ether oxygens (including phenoxy) is 1. The highest BCUT2D eigenvalue weighted by Gasteiger charge is 2.38. The summed E-state index contributed by atoms with van der Waals surface area (Å²) in [4.78, 5) is 11.8. The van der Waals surface area contributed by atoms with E-state index in [-0.39, 0.29) is 11.8 Å². The molecular formula is C17H17NO2. The van der Waals surface area contributed by atoms with Crippen LogP contribution in [0.5, 0.6) is 11.5 Å². The Bertz CT molecular complexity index is 592. The number of rotatable bonds is 4. The molecule has 20 heavy (non-hydrogen) atoms. The van der Waals surface area contributed by atoms with Gasteiger partial charge in [-0.1, -0.05) is 25.1 Å². The van der Waals surface area contributed by atoms with E-state index in [1.807, 2.05) is 54.6 Å². The summed E-state index contributed by atoms with van der Waals surface area (Å²) >= 11 is 0. The highest BCUT2D eigenvalue weighted by Crippen LogP contribution is 2.38. The molecule has 3 nitrogen and oxygen atoms in total. The molecule has 1 N–H and O–H groups in total. The molecule has 0 unspecified atom stereocenters. The molecule has 2 atom stereocenters. The fourth-order valence-electron chi connectivity index (χ4n) is 2.15. The van der Waals surface area contributed by atoms with Crippen molar-refractivity contribution in [1.82, 2.24) is 0 Å².